The molecule has 1 atom stereocenters. The highest BCUT2D eigenvalue weighted by molar-refractivity contribution is 9.11. The summed E-state index contributed by atoms with van der Waals surface area (Å²) in [7, 11) is 0. The van der Waals surface area contributed by atoms with E-state index in [0.717, 1.165) is 10.0 Å². The SMILES string of the molecule is CC(Cl)(C(=O)O)c1cc(Br)c(OCc2cccc(Br)c2)c(Br)c1. The van der Waals surface area contributed by atoms with Crippen LogP contribution in [0.2, 0.25) is 0 Å². The Bertz CT molecular complexity index is 724. The number of hydrogen-bond acceptors (Lipinski definition) is 2. The number of carboxylic acid groups (broad SMARTS) is 1. The number of carbonyl (C=O) groups is 1. The molecule has 0 aromatic heterocycles. The molecule has 0 aliphatic rings. The lowest BCUT2D eigenvalue weighted by Crippen LogP contribution is -2.25. The Kier molecular flexibility index (Phi) is 6.16. The Labute approximate surface area is 164 Å². The normalized spacial score (nSPS) is 13.4. The lowest BCUT2D eigenvalue weighted by molar-refractivity contribution is -0.139. The number of halogens is 4. The molecule has 122 valence electrons. The molecule has 3 nitrogen and oxygen atoms in total. The van der Waals surface area contributed by atoms with Crippen LogP contribution in [-0.4, -0.2) is 11.1 Å². The summed E-state index contributed by atoms with van der Waals surface area (Å²) in [5.41, 5.74) is 1.47. The first-order valence-electron chi connectivity index (χ1n) is 6.51. The number of alkyl halides is 1. The molecule has 0 aliphatic heterocycles. The zero-order chi connectivity index (χ0) is 17.2. The largest absolute Gasteiger partial charge is 0.487 e. The molecule has 0 amide bonds. The monoisotopic (exact) mass is 524 g/mol. The number of benzene rings is 2. The van der Waals surface area contributed by atoms with Gasteiger partial charge in [0.1, 0.15) is 12.4 Å². The van der Waals surface area contributed by atoms with E-state index in [9.17, 15) is 9.90 Å². The summed E-state index contributed by atoms with van der Waals surface area (Å²) in [6, 6.07) is 11.1. The molecule has 0 radical (unpaired) electrons. The third-order valence-electron chi connectivity index (χ3n) is 3.21. The van der Waals surface area contributed by atoms with Gasteiger partial charge < -0.3 is 9.84 Å². The Balaban J connectivity index is 2.26. The van der Waals surface area contributed by atoms with Gasteiger partial charge in [-0.05, 0) is 74.2 Å². The van der Waals surface area contributed by atoms with Crippen molar-refractivity contribution in [3.63, 3.8) is 0 Å². The van der Waals surface area contributed by atoms with Gasteiger partial charge in [0.25, 0.3) is 0 Å². The topological polar surface area (TPSA) is 46.5 Å². The van der Waals surface area contributed by atoms with Crippen molar-refractivity contribution in [1.29, 1.82) is 0 Å². The molecular weight excluding hydrogens is 515 g/mol. The van der Waals surface area contributed by atoms with Crippen molar-refractivity contribution >= 4 is 65.4 Å². The van der Waals surface area contributed by atoms with Gasteiger partial charge in [-0.25, -0.2) is 4.79 Å². The second-order valence-electron chi connectivity index (χ2n) is 5.00. The fourth-order valence-corrected chi connectivity index (χ4v) is 3.85. The Hall–Kier alpha value is -0.560. The Morgan fingerprint density at radius 3 is 2.35 bits per heavy atom. The van der Waals surface area contributed by atoms with E-state index in [2.05, 4.69) is 47.8 Å². The van der Waals surface area contributed by atoms with Crippen LogP contribution in [0, 0.1) is 0 Å². The van der Waals surface area contributed by atoms with Crippen LogP contribution in [0.4, 0.5) is 0 Å². The number of hydrogen-bond donors (Lipinski definition) is 1. The maximum absolute atomic E-state index is 11.3. The molecule has 0 bridgehead atoms. The number of ether oxygens (including phenoxy) is 1. The first kappa shape index (κ1) is 18.8. The Morgan fingerprint density at radius 1 is 1.22 bits per heavy atom. The molecule has 0 spiro atoms. The van der Waals surface area contributed by atoms with Gasteiger partial charge in [0, 0.05) is 4.47 Å². The quantitative estimate of drug-likeness (QED) is 0.479. The van der Waals surface area contributed by atoms with E-state index >= 15 is 0 Å². The van der Waals surface area contributed by atoms with E-state index in [1.165, 1.54) is 6.92 Å². The van der Waals surface area contributed by atoms with Crippen molar-refractivity contribution in [3.8, 4) is 5.75 Å². The first-order valence-corrected chi connectivity index (χ1v) is 9.26. The molecule has 23 heavy (non-hydrogen) atoms. The molecule has 2 aromatic rings. The van der Waals surface area contributed by atoms with E-state index in [4.69, 9.17) is 16.3 Å². The Morgan fingerprint density at radius 2 is 1.83 bits per heavy atom. The average Bonchev–Trinajstić information content (AvgIpc) is 2.46. The third kappa shape index (κ3) is 4.50. The number of carboxylic acids is 1. The number of rotatable bonds is 5. The van der Waals surface area contributed by atoms with E-state index in [0.29, 0.717) is 26.9 Å². The lowest BCUT2D eigenvalue weighted by atomic mass is 10.0. The minimum absolute atomic E-state index is 0.382. The summed E-state index contributed by atoms with van der Waals surface area (Å²) in [5, 5.41) is 9.23. The van der Waals surface area contributed by atoms with Crippen LogP contribution in [0.5, 0.6) is 5.75 Å². The van der Waals surface area contributed by atoms with Gasteiger partial charge in [0.05, 0.1) is 8.95 Å². The predicted octanol–water partition coefficient (Wildman–Crippen LogP) is 6.09. The smallest absolute Gasteiger partial charge is 0.329 e. The van der Waals surface area contributed by atoms with Crippen molar-refractivity contribution in [1.82, 2.24) is 0 Å². The first-order chi connectivity index (χ1) is 10.7. The highest BCUT2D eigenvalue weighted by Crippen LogP contribution is 2.40. The van der Waals surface area contributed by atoms with Crippen LogP contribution in [0.1, 0.15) is 18.1 Å². The van der Waals surface area contributed by atoms with Crippen molar-refractivity contribution in [2.45, 2.75) is 18.4 Å². The maximum Gasteiger partial charge on any atom is 0.329 e. The van der Waals surface area contributed by atoms with Crippen LogP contribution in [-0.2, 0) is 16.3 Å². The number of aliphatic carboxylic acids is 1. The summed E-state index contributed by atoms with van der Waals surface area (Å²) in [4.78, 5) is 9.77. The van der Waals surface area contributed by atoms with Crippen LogP contribution >= 0.6 is 59.4 Å². The van der Waals surface area contributed by atoms with Gasteiger partial charge in [-0.2, -0.15) is 0 Å². The molecule has 0 saturated carbocycles. The van der Waals surface area contributed by atoms with Gasteiger partial charge in [-0.15, -0.1) is 11.6 Å². The van der Waals surface area contributed by atoms with Crippen molar-refractivity contribution in [2.24, 2.45) is 0 Å². The second-order valence-corrected chi connectivity index (χ2v) is 8.38. The molecular formula is C16H12Br3ClO3. The lowest BCUT2D eigenvalue weighted by Gasteiger charge is -2.19. The van der Waals surface area contributed by atoms with Crippen LogP contribution in [0.25, 0.3) is 0 Å². The molecule has 1 unspecified atom stereocenters. The van der Waals surface area contributed by atoms with Crippen LogP contribution in [0.15, 0.2) is 49.8 Å². The minimum Gasteiger partial charge on any atom is -0.487 e. The molecule has 0 saturated heterocycles. The zero-order valence-corrected chi connectivity index (χ0v) is 17.5. The van der Waals surface area contributed by atoms with Crippen molar-refractivity contribution in [3.05, 3.63) is 60.9 Å². The highest BCUT2D eigenvalue weighted by Gasteiger charge is 2.33. The fraction of sp³-hybridized carbons (Fsp3) is 0.188. The van der Waals surface area contributed by atoms with E-state index in [-0.39, 0.29) is 0 Å². The van der Waals surface area contributed by atoms with Gasteiger partial charge in [-0.1, -0.05) is 28.1 Å². The van der Waals surface area contributed by atoms with E-state index in [1.54, 1.807) is 12.1 Å². The molecule has 7 heteroatoms. The highest BCUT2D eigenvalue weighted by atomic mass is 79.9. The molecule has 0 heterocycles. The molecule has 1 N–H and O–H groups in total. The van der Waals surface area contributed by atoms with Crippen molar-refractivity contribution < 1.29 is 14.6 Å². The summed E-state index contributed by atoms with van der Waals surface area (Å²) >= 11 is 16.3. The molecule has 0 fully saturated rings. The third-order valence-corrected chi connectivity index (χ3v) is 5.27. The minimum atomic E-state index is -1.51. The van der Waals surface area contributed by atoms with Crippen LogP contribution < -0.4 is 4.74 Å². The van der Waals surface area contributed by atoms with Gasteiger partial charge in [-0.3, -0.25) is 0 Å². The average molecular weight is 527 g/mol. The summed E-state index contributed by atoms with van der Waals surface area (Å²) in [5.74, 6) is -0.521. The maximum atomic E-state index is 11.3. The molecule has 2 rings (SSSR count). The van der Waals surface area contributed by atoms with E-state index in [1.807, 2.05) is 24.3 Å². The summed E-state index contributed by atoms with van der Waals surface area (Å²) in [6.07, 6.45) is 0. The van der Waals surface area contributed by atoms with Crippen molar-refractivity contribution in [2.75, 3.05) is 0 Å². The van der Waals surface area contributed by atoms with Crippen LogP contribution in [0.3, 0.4) is 0 Å². The molecule has 2 aromatic carbocycles. The van der Waals surface area contributed by atoms with Gasteiger partial charge >= 0.3 is 5.97 Å². The standard InChI is InChI=1S/C16H12Br3ClO3/c1-16(20,15(21)22)10-6-12(18)14(13(19)7-10)23-8-9-3-2-4-11(17)5-9/h2-7H,8H2,1H3,(H,21,22). The molecule has 0 aliphatic carbocycles. The summed E-state index contributed by atoms with van der Waals surface area (Å²) < 4.78 is 8.07. The van der Waals surface area contributed by atoms with Gasteiger partial charge in [0.2, 0.25) is 0 Å². The fourth-order valence-electron chi connectivity index (χ4n) is 1.87. The second kappa shape index (κ2) is 7.55. The van der Waals surface area contributed by atoms with E-state index < -0.39 is 10.8 Å². The van der Waals surface area contributed by atoms with Gasteiger partial charge in [0.15, 0.2) is 4.87 Å². The predicted molar refractivity (Wildman–Crippen MR) is 101 cm³/mol. The summed E-state index contributed by atoms with van der Waals surface area (Å²) in [6.45, 7) is 1.82. The zero-order valence-electron chi connectivity index (χ0n) is 11.9.